The lowest BCUT2D eigenvalue weighted by Gasteiger charge is -2.45. The number of carbonyl (C=O) groups excluding carboxylic acids is 2. The zero-order valence-electron chi connectivity index (χ0n) is 23.2. The number of thioether (sulfide) groups is 1. The molecule has 5 heterocycles. The molecular weight excluding hydrogens is 585 g/mol. The van der Waals surface area contributed by atoms with Gasteiger partial charge in [0.15, 0.2) is 0 Å². The average Bonchev–Trinajstić information content (AvgIpc) is 3.46. The molecule has 5 N–H and O–H groups in total. The number of halogens is 4. The van der Waals surface area contributed by atoms with Crippen molar-refractivity contribution < 1.29 is 23.1 Å². The highest BCUT2D eigenvalue weighted by Gasteiger charge is 2.49. The predicted molar refractivity (Wildman–Crippen MR) is 153 cm³/mol. The van der Waals surface area contributed by atoms with Gasteiger partial charge < -0.3 is 25.6 Å². The van der Waals surface area contributed by atoms with Crippen LogP contribution < -0.4 is 26.6 Å². The normalized spacial score (nSPS) is 44.3. The Kier molecular flexibility index (Phi) is 9.79. The van der Waals surface area contributed by atoms with Crippen LogP contribution in [-0.2, 0) is 14.3 Å². The van der Waals surface area contributed by atoms with Crippen molar-refractivity contribution in [1.29, 1.82) is 0 Å². The molecule has 9 nitrogen and oxygen atoms in total. The standard InChI is InChI=1S/C26H42Cl2F2N6O3S/c1-12-4-14(15-6-21(28)32-9-19(15)39-3)16(8-31-12)23(37)35-25-34-18-10-36(11-20(18)40-25)24(38)22-17(27)5-13(7-33-22)26(2,29)30/h12-22,25,31-34H,4-11H2,1-3H3,(H,35,37). The first-order chi connectivity index (χ1) is 18.9. The monoisotopic (exact) mass is 626 g/mol. The van der Waals surface area contributed by atoms with Gasteiger partial charge in [-0.25, -0.2) is 8.78 Å². The maximum Gasteiger partial charge on any atom is 0.249 e. The lowest BCUT2D eigenvalue weighted by Crippen LogP contribution is -2.58. The van der Waals surface area contributed by atoms with E-state index in [0.29, 0.717) is 32.2 Å². The maximum absolute atomic E-state index is 13.7. The summed E-state index contributed by atoms with van der Waals surface area (Å²) in [5.74, 6) is -3.70. The van der Waals surface area contributed by atoms with Crippen LogP contribution in [0.15, 0.2) is 0 Å². The van der Waals surface area contributed by atoms with Gasteiger partial charge in [-0.2, -0.15) is 0 Å². The quantitative estimate of drug-likeness (QED) is 0.222. The van der Waals surface area contributed by atoms with Gasteiger partial charge in [-0.1, -0.05) is 0 Å². The Hall–Kier alpha value is -0.470. The highest BCUT2D eigenvalue weighted by Crippen LogP contribution is 2.39. The van der Waals surface area contributed by atoms with Crippen LogP contribution in [0.25, 0.3) is 0 Å². The number of amides is 2. The number of likely N-dealkylation sites (tertiary alicyclic amines) is 1. The number of nitrogens with zero attached hydrogens (tertiary/aromatic N) is 1. The molecule has 0 spiro atoms. The minimum absolute atomic E-state index is 0.0121. The van der Waals surface area contributed by atoms with Gasteiger partial charge in [0.25, 0.3) is 0 Å². The van der Waals surface area contributed by atoms with Crippen LogP contribution in [0.4, 0.5) is 8.78 Å². The van der Waals surface area contributed by atoms with Crippen LogP contribution >= 0.6 is 35.0 Å². The number of methoxy groups -OCH3 is 1. The third-order valence-electron chi connectivity index (χ3n) is 9.48. The first-order valence-corrected chi connectivity index (χ1v) is 16.2. The van der Waals surface area contributed by atoms with Crippen LogP contribution in [0.3, 0.4) is 0 Å². The SMILES string of the molecule is COC1CNC(Cl)CC1C1CC(C)NCC1C(=O)NC1NC2CN(C(=O)C3NCC(C(C)(F)F)CC3Cl)CC2S1. The fraction of sp³-hybridized carbons (Fsp3) is 0.923. The summed E-state index contributed by atoms with van der Waals surface area (Å²) >= 11 is 14.5. The highest BCUT2D eigenvalue weighted by molar-refractivity contribution is 8.00. The summed E-state index contributed by atoms with van der Waals surface area (Å²) in [7, 11) is 1.72. The Morgan fingerprint density at radius 1 is 1.05 bits per heavy atom. The minimum Gasteiger partial charge on any atom is -0.380 e. The molecule has 5 rings (SSSR count). The van der Waals surface area contributed by atoms with Crippen molar-refractivity contribution in [3.05, 3.63) is 0 Å². The van der Waals surface area contributed by atoms with Crippen LogP contribution in [0.1, 0.15) is 33.1 Å². The van der Waals surface area contributed by atoms with E-state index in [4.69, 9.17) is 27.9 Å². The largest absolute Gasteiger partial charge is 0.380 e. The number of hydrogen-bond donors (Lipinski definition) is 5. The maximum atomic E-state index is 13.7. The molecule has 0 aromatic heterocycles. The van der Waals surface area contributed by atoms with Crippen molar-refractivity contribution in [2.24, 2.45) is 23.7 Å². The molecule has 12 unspecified atom stereocenters. The van der Waals surface area contributed by atoms with E-state index in [1.807, 2.05) is 0 Å². The summed E-state index contributed by atoms with van der Waals surface area (Å²) in [5.41, 5.74) is -0.373. The molecule has 14 heteroatoms. The summed E-state index contributed by atoms with van der Waals surface area (Å²) < 4.78 is 33.3. The first-order valence-electron chi connectivity index (χ1n) is 14.3. The third-order valence-corrected chi connectivity index (χ3v) is 11.6. The summed E-state index contributed by atoms with van der Waals surface area (Å²) in [4.78, 5) is 28.6. The van der Waals surface area contributed by atoms with Crippen molar-refractivity contribution in [2.45, 2.75) is 84.9 Å². The molecule has 0 radical (unpaired) electrons. The molecule has 0 bridgehead atoms. The van der Waals surface area contributed by atoms with Gasteiger partial charge in [0, 0.05) is 63.1 Å². The summed E-state index contributed by atoms with van der Waals surface area (Å²) in [5, 5.41) is 15.9. The lowest BCUT2D eigenvalue weighted by atomic mass is 9.70. The van der Waals surface area contributed by atoms with E-state index >= 15 is 0 Å². The number of rotatable bonds is 6. The molecule has 0 saturated carbocycles. The van der Waals surface area contributed by atoms with E-state index in [9.17, 15) is 18.4 Å². The number of alkyl halides is 4. The predicted octanol–water partition coefficient (Wildman–Crippen LogP) is 1.35. The second-order valence-corrected chi connectivity index (χ2v) is 14.7. The molecule has 0 aromatic rings. The van der Waals surface area contributed by atoms with Gasteiger partial charge in [-0.3, -0.25) is 20.2 Å². The summed E-state index contributed by atoms with van der Waals surface area (Å²) in [6, 6.07) is -0.326. The number of piperidine rings is 3. The van der Waals surface area contributed by atoms with Crippen LogP contribution in [-0.4, -0.2) is 108 Å². The molecule has 5 aliphatic rings. The Labute approximate surface area is 249 Å². The zero-order chi connectivity index (χ0) is 28.8. The van der Waals surface area contributed by atoms with Crippen molar-refractivity contribution in [3.8, 4) is 0 Å². The highest BCUT2D eigenvalue weighted by atomic mass is 35.5. The summed E-state index contributed by atoms with van der Waals surface area (Å²) in [6.07, 6.45) is 1.75. The Morgan fingerprint density at radius 3 is 2.50 bits per heavy atom. The number of nitrogens with one attached hydrogen (secondary N) is 5. The first kappa shape index (κ1) is 31.0. The van der Waals surface area contributed by atoms with Gasteiger partial charge in [0.1, 0.15) is 11.5 Å². The molecule has 5 fully saturated rings. The van der Waals surface area contributed by atoms with Crippen LogP contribution in [0, 0.1) is 23.7 Å². The Bertz CT molecular complexity index is 923. The van der Waals surface area contributed by atoms with Gasteiger partial charge in [-0.05, 0) is 44.9 Å². The minimum atomic E-state index is -2.84. The van der Waals surface area contributed by atoms with E-state index in [1.54, 1.807) is 23.8 Å². The van der Waals surface area contributed by atoms with E-state index in [2.05, 4.69) is 33.5 Å². The van der Waals surface area contributed by atoms with Gasteiger partial charge in [-0.15, -0.1) is 35.0 Å². The van der Waals surface area contributed by atoms with Crippen molar-refractivity contribution in [3.63, 3.8) is 0 Å². The molecular formula is C26H42Cl2F2N6O3S. The molecule has 0 aromatic carbocycles. The topological polar surface area (TPSA) is 107 Å². The fourth-order valence-corrected chi connectivity index (χ4v) is 9.27. The van der Waals surface area contributed by atoms with E-state index in [1.165, 1.54) is 0 Å². The zero-order valence-corrected chi connectivity index (χ0v) is 25.5. The van der Waals surface area contributed by atoms with Gasteiger partial charge in [0.05, 0.1) is 22.9 Å². The molecule has 0 aliphatic carbocycles. The van der Waals surface area contributed by atoms with E-state index < -0.39 is 23.3 Å². The van der Waals surface area contributed by atoms with Crippen molar-refractivity contribution in [1.82, 2.24) is 31.5 Å². The van der Waals surface area contributed by atoms with Crippen LogP contribution in [0.2, 0.25) is 0 Å². The third kappa shape index (κ3) is 6.69. The second kappa shape index (κ2) is 12.6. The average molecular weight is 628 g/mol. The lowest BCUT2D eigenvalue weighted by molar-refractivity contribution is -0.134. The Balaban J connectivity index is 1.14. The van der Waals surface area contributed by atoms with E-state index in [-0.39, 0.29) is 70.9 Å². The van der Waals surface area contributed by atoms with E-state index in [0.717, 1.165) is 19.8 Å². The molecule has 228 valence electrons. The molecule has 40 heavy (non-hydrogen) atoms. The Morgan fingerprint density at radius 2 is 1.82 bits per heavy atom. The second-order valence-electron chi connectivity index (χ2n) is 12.2. The number of fused-ring (bicyclic) bond motifs is 1. The number of hydrogen-bond acceptors (Lipinski definition) is 8. The molecule has 2 amide bonds. The fourth-order valence-electron chi connectivity index (χ4n) is 7.16. The van der Waals surface area contributed by atoms with Gasteiger partial charge in [0.2, 0.25) is 17.7 Å². The molecule has 5 aliphatic heterocycles. The number of carbonyl (C=O) groups is 2. The van der Waals surface area contributed by atoms with Crippen LogP contribution in [0.5, 0.6) is 0 Å². The molecule has 5 saturated heterocycles. The summed E-state index contributed by atoms with van der Waals surface area (Å²) in [6.45, 7) is 5.41. The smallest absolute Gasteiger partial charge is 0.249 e. The van der Waals surface area contributed by atoms with Crippen molar-refractivity contribution >= 4 is 46.8 Å². The van der Waals surface area contributed by atoms with Crippen molar-refractivity contribution in [2.75, 3.05) is 39.8 Å². The number of ether oxygens (including phenoxy) is 1. The molecule has 12 atom stereocenters. The van der Waals surface area contributed by atoms with Gasteiger partial charge >= 0.3 is 0 Å².